The van der Waals surface area contributed by atoms with Gasteiger partial charge in [0, 0.05) is 0 Å². The van der Waals surface area contributed by atoms with Crippen molar-refractivity contribution >= 4 is 48.2 Å². The van der Waals surface area contributed by atoms with E-state index >= 15 is 0 Å². The van der Waals surface area contributed by atoms with Crippen molar-refractivity contribution in [2.24, 2.45) is 4.40 Å². The fourth-order valence-corrected chi connectivity index (χ4v) is 3.45. The Morgan fingerprint density at radius 2 is 1.68 bits per heavy atom. The summed E-state index contributed by atoms with van der Waals surface area (Å²) in [6.07, 6.45) is 4.05. The van der Waals surface area contributed by atoms with Gasteiger partial charge in [0.25, 0.3) is 10.0 Å². The van der Waals surface area contributed by atoms with Crippen LogP contribution in [0, 0.1) is 0 Å². The summed E-state index contributed by atoms with van der Waals surface area (Å²) >= 11 is 3.08. The van der Waals surface area contributed by atoms with Crippen LogP contribution in [0.2, 0.25) is 0 Å². The number of ketones is 1. The van der Waals surface area contributed by atoms with E-state index in [1.807, 2.05) is 24.3 Å². The van der Waals surface area contributed by atoms with Crippen LogP contribution in [-0.2, 0) is 14.8 Å². The molecule has 1 aliphatic rings. The average molecular weight is 376 g/mol. The molecule has 0 amide bonds. The number of fused-ring (bicyclic) bond motifs is 1. The van der Waals surface area contributed by atoms with E-state index in [-0.39, 0.29) is 20.9 Å². The molecule has 0 saturated carbocycles. The number of benzene rings is 2. The van der Waals surface area contributed by atoms with Gasteiger partial charge in [-0.3, -0.25) is 4.79 Å². The van der Waals surface area contributed by atoms with Gasteiger partial charge in [0.15, 0.2) is 5.78 Å². The molecule has 0 spiro atoms. The number of rotatable bonds is 2. The lowest BCUT2D eigenvalue weighted by Gasteiger charge is -2.05. The smallest absolute Gasteiger partial charge is 0.282 e. The first kappa shape index (κ1) is 14.9. The van der Waals surface area contributed by atoms with Gasteiger partial charge in [0.1, 0.15) is 0 Å². The van der Waals surface area contributed by atoms with Crippen LogP contribution in [0.5, 0.6) is 0 Å². The molecule has 0 saturated heterocycles. The van der Waals surface area contributed by atoms with E-state index in [9.17, 15) is 13.2 Å². The minimum atomic E-state index is -3.83. The summed E-state index contributed by atoms with van der Waals surface area (Å²) in [4.78, 5) is 11.4. The Balaban J connectivity index is 2.05. The third-order valence-corrected chi connectivity index (χ3v) is 5.08. The molecule has 0 N–H and O–H groups in total. The molecule has 0 heterocycles. The van der Waals surface area contributed by atoms with Crippen LogP contribution in [0.4, 0.5) is 0 Å². The van der Waals surface area contributed by atoms with Crippen molar-refractivity contribution in [2.45, 2.75) is 4.90 Å². The molecule has 0 radical (unpaired) electrons. The molecule has 6 heteroatoms. The molecular weight excluding hydrogens is 366 g/mol. The van der Waals surface area contributed by atoms with E-state index in [0.29, 0.717) is 0 Å². The van der Waals surface area contributed by atoms with Gasteiger partial charge in [-0.05, 0) is 57.1 Å². The van der Waals surface area contributed by atoms with Gasteiger partial charge in [0.2, 0.25) is 0 Å². The first-order valence-corrected chi connectivity index (χ1v) is 8.62. The summed E-state index contributed by atoms with van der Waals surface area (Å²) in [6, 6.07) is 12.4. The highest BCUT2D eigenvalue weighted by atomic mass is 79.9. The van der Waals surface area contributed by atoms with Gasteiger partial charge in [0.05, 0.1) is 15.1 Å². The molecule has 0 atom stereocenters. The van der Waals surface area contributed by atoms with Gasteiger partial charge in [-0.15, -0.1) is 0 Å². The van der Waals surface area contributed by atoms with Crippen molar-refractivity contribution in [1.29, 1.82) is 0 Å². The van der Waals surface area contributed by atoms with E-state index in [1.165, 1.54) is 24.3 Å². The normalized spacial score (nSPS) is 17.0. The quantitative estimate of drug-likeness (QED) is 0.755. The maximum Gasteiger partial charge on any atom is 0.282 e. The summed E-state index contributed by atoms with van der Waals surface area (Å²) in [5.41, 5.74) is 0.208. The lowest BCUT2D eigenvalue weighted by Crippen LogP contribution is -2.07. The van der Waals surface area contributed by atoms with E-state index in [2.05, 4.69) is 20.3 Å². The second-order valence-corrected chi connectivity index (χ2v) is 7.15. The Hall–Kier alpha value is -2.05. The molecule has 0 aliphatic heterocycles. The monoisotopic (exact) mass is 375 g/mol. The molecule has 0 bridgehead atoms. The zero-order valence-electron chi connectivity index (χ0n) is 11.2. The number of carbonyl (C=O) groups is 1. The highest BCUT2D eigenvalue weighted by Gasteiger charge is 2.16. The van der Waals surface area contributed by atoms with Crippen LogP contribution in [-0.4, -0.2) is 19.9 Å². The zero-order valence-corrected chi connectivity index (χ0v) is 13.6. The number of hydrogen-bond acceptors (Lipinski definition) is 3. The summed E-state index contributed by atoms with van der Waals surface area (Å²) in [5, 5.41) is 1.79. The minimum absolute atomic E-state index is 0.119. The summed E-state index contributed by atoms with van der Waals surface area (Å²) in [5.74, 6) is -0.220. The molecule has 0 unspecified atom stereocenters. The lowest BCUT2D eigenvalue weighted by atomic mass is 10.1. The number of hydrogen-bond donors (Lipinski definition) is 0. The highest BCUT2D eigenvalue weighted by Crippen LogP contribution is 2.21. The van der Waals surface area contributed by atoms with Crippen molar-refractivity contribution in [1.82, 2.24) is 0 Å². The third-order valence-electron chi connectivity index (χ3n) is 3.16. The molecule has 110 valence electrons. The molecule has 22 heavy (non-hydrogen) atoms. The SMILES string of the molecule is O=C1C=C/C(=N\S(=O)(=O)c2ccc3ccccc3c2)C=C1Br. The zero-order chi connectivity index (χ0) is 15.7. The van der Waals surface area contributed by atoms with Crippen LogP contribution >= 0.6 is 15.9 Å². The molecule has 1 aliphatic carbocycles. The second kappa shape index (κ2) is 5.62. The van der Waals surface area contributed by atoms with Gasteiger partial charge >= 0.3 is 0 Å². The van der Waals surface area contributed by atoms with Crippen molar-refractivity contribution in [2.75, 3.05) is 0 Å². The van der Waals surface area contributed by atoms with Gasteiger partial charge in [-0.25, -0.2) is 0 Å². The maximum absolute atomic E-state index is 12.4. The first-order valence-electron chi connectivity index (χ1n) is 6.39. The molecule has 2 aromatic rings. The Morgan fingerprint density at radius 3 is 2.41 bits per heavy atom. The molecule has 0 aromatic heterocycles. The molecule has 2 aromatic carbocycles. The predicted molar refractivity (Wildman–Crippen MR) is 89.7 cm³/mol. The lowest BCUT2D eigenvalue weighted by molar-refractivity contribution is -0.110. The fourth-order valence-electron chi connectivity index (χ4n) is 2.07. The molecule has 3 rings (SSSR count). The first-order chi connectivity index (χ1) is 10.5. The Bertz CT molecular complexity index is 972. The van der Waals surface area contributed by atoms with Crippen LogP contribution in [0.25, 0.3) is 10.8 Å². The summed E-state index contributed by atoms with van der Waals surface area (Å²) in [7, 11) is -3.83. The fraction of sp³-hybridized carbons (Fsp3) is 0. The third kappa shape index (κ3) is 2.93. The van der Waals surface area contributed by atoms with Crippen LogP contribution in [0.15, 0.2) is 74.5 Å². The molecule has 4 nitrogen and oxygen atoms in total. The van der Waals surface area contributed by atoms with E-state index in [0.717, 1.165) is 10.8 Å². The van der Waals surface area contributed by atoms with E-state index in [1.54, 1.807) is 12.1 Å². The topological polar surface area (TPSA) is 63.6 Å². The average Bonchev–Trinajstić information content (AvgIpc) is 2.50. The van der Waals surface area contributed by atoms with Crippen molar-refractivity contribution < 1.29 is 13.2 Å². The molecular formula is C16H10BrNO3S. The van der Waals surface area contributed by atoms with Gasteiger partial charge < -0.3 is 0 Å². The van der Waals surface area contributed by atoms with Crippen molar-refractivity contribution in [3.63, 3.8) is 0 Å². The number of halogens is 1. The number of allylic oxidation sites excluding steroid dienone is 4. The summed E-state index contributed by atoms with van der Waals surface area (Å²) < 4.78 is 28.8. The van der Waals surface area contributed by atoms with E-state index < -0.39 is 10.0 Å². The van der Waals surface area contributed by atoms with Crippen LogP contribution in [0.3, 0.4) is 0 Å². The van der Waals surface area contributed by atoms with Gasteiger partial charge in [-0.1, -0.05) is 30.3 Å². The second-order valence-electron chi connectivity index (χ2n) is 4.69. The van der Waals surface area contributed by atoms with Gasteiger partial charge in [-0.2, -0.15) is 12.8 Å². The van der Waals surface area contributed by atoms with Crippen LogP contribution in [0.1, 0.15) is 0 Å². The molecule has 0 fully saturated rings. The maximum atomic E-state index is 12.4. The largest absolute Gasteiger partial charge is 0.289 e. The summed E-state index contributed by atoms with van der Waals surface area (Å²) in [6.45, 7) is 0. The standard InChI is InChI=1S/C16H10BrNO3S/c17-15-10-13(6-8-16(15)19)18-22(20,21)14-7-5-11-3-1-2-4-12(11)9-14/h1-10H/b18-13+. The minimum Gasteiger partial charge on any atom is -0.289 e. The van der Waals surface area contributed by atoms with Crippen molar-refractivity contribution in [3.05, 3.63) is 65.2 Å². The van der Waals surface area contributed by atoms with Crippen molar-refractivity contribution in [3.8, 4) is 0 Å². The Labute approximate surface area is 136 Å². The number of sulfonamides is 1. The van der Waals surface area contributed by atoms with E-state index in [4.69, 9.17) is 0 Å². The van der Waals surface area contributed by atoms with Crippen LogP contribution < -0.4 is 0 Å². The Kier molecular flexibility index (Phi) is 3.80. The number of nitrogens with zero attached hydrogens (tertiary/aromatic N) is 1. The highest BCUT2D eigenvalue weighted by molar-refractivity contribution is 9.12. The number of carbonyl (C=O) groups excluding carboxylic acids is 1. The Morgan fingerprint density at radius 1 is 0.955 bits per heavy atom. The predicted octanol–water partition coefficient (Wildman–Crippen LogP) is 3.39.